The number of nitrogens with one attached hydrogen (secondary N) is 1. The predicted molar refractivity (Wildman–Crippen MR) is 119 cm³/mol. The molecular formula is C23H13F3N4O3S. The summed E-state index contributed by atoms with van der Waals surface area (Å²) in [4.78, 5) is 17.7. The van der Waals surface area contributed by atoms with E-state index in [-0.39, 0.29) is 16.1 Å². The van der Waals surface area contributed by atoms with Crippen LogP contribution in [0.25, 0.3) is 32.9 Å². The van der Waals surface area contributed by atoms with Crippen LogP contribution in [-0.4, -0.2) is 27.5 Å². The van der Waals surface area contributed by atoms with E-state index in [1.807, 2.05) is 30.3 Å². The van der Waals surface area contributed by atoms with Crippen LogP contribution in [0.5, 0.6) is 5.75 Å². The van der Waals surface area contributed by atoms with Crippen molar-refractivity contribution in [2.24, 2.45) is 0 Å². The highest BCUT2D eigenvalue weighted by Gasteiger charge is 2.31. The molecule has 5 aromatic rings. The number of furan rings is 1. The first-order valence-electron chi connectivity index (χ1n) is 9.80. The van der Waals surface area contributed by atoms with Crippen LogP contribution < -0.4 is 10.1 Å². The Bertz CT molecular complexity index is 1470. The van der Waals surface area contributed by atoms with Gasteiger partial charge in [-0.15, -0.1) is 23.4 Å². The van der Waals surface area contributed by atoms with E-state index in [2.05, 4.69) is 25.2 Å². The molecule has 5 rings (SSSR count). The van der Waals surface area contributed by atoms with Gasteiger partial charge in [-0.2, -0.15) is 0 Å². The molecule has 0 radical (unpaired) electrons. The molecule has 0 saturated carbocycles. The van der Waals surface area contributed by atoms with Crippen molar-refractivity contribution in [2.45, 2.75) is 6.36 Å². The first-order chi connectivity index (χ1) is 16.4. The van der Waals surface area contributed by atoms with Crippen molar-refractivity contribution in [3.63, 3.8) is 0 Å². The lowest BCUT2D eigenvalue weighted by Crippen LogP contribution is -2.17. The van der Waals surface area contributed by atoms with Crippen molar-refractivity contribution in [3.8, 4) is 27.8 Å². The molecule has 0 aliphatic carbocycles. The van der Waals surface area contributed by atoms with Gasteiger partial charge in [0, 0.05) is 10.9 Å². The fraction of sp³-hybridized carbons (Fsp3) is 0.0435. The number of nitrogens with zero attached hydrogens (tertiary/aromatic N) is 3. The molecule has 0 bridgehead atoms. The third-order valence-electron chi connectivity index (χ3n) is 4.71. The predicted octanol–water partition coefficient (Wildman–Crippen LogP) is 6.16. The van der Waals surface area contributed by atoms with Gasteiger partial charge in [-0.3, -0.25) is 10.1 Å². The second kappa shape index (κ2) is 8.60. The van der Waals surface area contributed by atoms with Gasteiger partial charge in [-0.1, -0.05) is 41.7 Å². The number of amides is 1. The standard InChI is InChI=1S/C23H13F3N4O3S/c24-23(25,26)33-14-8-9-17-15(11-14)16(12-18(27-17)13-5-2-1-3-6-13)20(31)28-22-30-29-21(34-22)19-7-4-10-32-19/h1-12H,(H,28,30,31). The molecule has 0 unspecified atom stereocenters. The minimum atomic E-state index is -4.87. The maximum atomic E-state index is 13.2. The quantitative estimate of drug-likeness (QED) is 0.323. The zero-order valence-electron chi connectivity index (χ0n) is 17.0. The van der Waals surface area contributed by atoms with Gasteiger partial charge in [-0.05, 0) is 36.4 Å². The van der Waals surface area contributed by atoms with Gasteiger partial charge in [-0.25, -0.2) is 4.98 Å². The van der Waals surface area contributed by atoms with E-state index in [1.54, 1.807) is 12.1 Å². The van der Waals surface area contributed by atoms with Crippen molar-refractivity contribution in [1.82, 2.24) is 15.2 Å². The first-order valence-corrected chi connectivity index (χ1v) is 10.6. The number of pyridine rings is 1. The lowest BCUT2D eigenvalue weighted by atomic mass is 10.0. The summed E-state index contributed by atoms with van der Waals surface area (Å²) < 4.78 is 47.6. The molecule has 1 N–H and O–H groups in total. The molecule has 170 valence electrons. The SMILES string of the molecule is O=C(Nc1nnc(-c2ccco2)s1)c1cc(-c2ccccc2)nc2ccc(OC(F)(F)F)cc12. The minimum Gasteiger partial charge on any atom is -0.462 e. The number of hydrogen-bond acceptors (Lipinski definition) is 7. The molecule has 11 heteroatoms. The second-order valence-corrected chi connectivity index (χ2v) is 7.97. The van der Waals surface area contributed by atoms with Gasteiger partial charge in [0.1, 0.15) is 5.75 Å². The maximum absolute atomic E-state index is 13.2. The number of hydrogen-bond donors (Lipinski definition) is 1. The second-order valence-electron chi connectivity index (χ2n) is 6.99. The van der Waals surface area contributed by atoms with Crippen LogP contribution >= 0.6 is 11.3 Å². The Hall–Kier alpha value is -4.25. The number of carbonyl (C=O) groups is 1. The fourth-order valence-electron chi connectivity index (χ4n) is 3.28. The Morgan fingerprint density at radius 3 is 2.56 bits per heavy atom. The Morgan fingerprint density at radius 2 is 1.82 bits per heavy atom. The van der Waals surface area contributed by atoms with Crippen LogP contribution in [0.3, 0.4) is 0 Å². The molecule has 0 spiro atoms. The van der Waals surface area contributed by atoms with Crippen LogP contribution in [0.4, 0.5) is 18.3 Å². The highest BCUT2D eigenvalue weighted by atomic mass is 32.1. The van der Waals surface area contributed by atoms with Crippen LogP contribution in [0.1, 0.15) is 10.4 Å². The Balaban J connectivity index is 1.56. The van der Waals surface area contributed by atoms with E-state index in [9.17, 15) is 18.0 Å². The summed E-state index contributed by atoms with van der Waals surface area (Å²) in [5, 5.41) is 11.4. The molecule has 7 nitrogen and oxygen atoms in total. The molecule has 2 aromatic carbocycles. The molecule has 0 aliphatic rings. The zero-order chi connectivity index (χ0) is 23.7. The van der Waals surface area contributed by atoms with Crippen LogP contribution in [0, 0.1) is 0 Å². The smallest absolute Gasteiger partial charge is 0.462 e. The van der Waals surface area contributed by atoms with Gasteiger partial charge in [0.2, 0.25) is 5.13 Å². The van der Waals surface area contributed by atoms with E-state index in [1.165, 1.54) is 18.4 Å². The largest absolute Gasteiger partial charge is 0.573 e. The number of fused-ring (bicyclic) bond motifs is 1. The Morgan fingerprint density at radius 1 is 1.00 bits per heavy atom. The molecule has 3 heterocycles. The van der Waals surface area contributed by atoms with E-state index >= 15 is 0 Å². The lowest BCUT2D eigenvalue weighted by Gasteiger charge is -2.12. The van der Waals surface area contributed by atoms with Gasteiger partial charge in [0.05, 0.1) is 23.0 Å². The first kappa shape index (κ1) is 21.6. The number of carbonyl (C=O) groups excluding carboxylic acids is 1. The third-order valence-corrected chi connectivity index (χ3v) is 5.56. The number of benzene rings is 2. The summed E-state index contributed by atoms with van der Waals surface area (Å²) in [6, 6.07) is 17.7. The molecule has 0 atom stereocenters. The summed E-state index contributed by atoms with van der Waals surface area (Å²) >= 11 is 1.09. The zero-order valence-corrected chi connectivity index (χ0v) is 17.9. The van der Waals surface area contributed by atoms with Gasteiger partial charge < -0.3 is 9.15 Å². The fourth-order valence-corrected chi connectivity index (χ4v) is 3.99. The van der Waals surface area contributed by atoms with Crippen molar-refractivity contribution in [3.05, 3.63) is 78.6 Å². The van der Waals surface area contributed by atoms with Crippen LogP contribution in [-0.2, 0) is 0 Å². The topological polar surface area (TPSA) is 90.1 Å². The van der Waals surface area contributed by atoms with Crippen molar-refractivity contribution >= 4 is 33.3 Å². The molecule has 0 fully saturated rings. The van der Waals surface area contributed by atoms with Gasteiger partial charge >= 0.3 is 6.36 Å². The van der Waals surface area contributed by atoms with Crippen molar-refractivity contribution in [1.29, 1.82) is 0 Å². The lowest BCUT2D eigenvalue weighted by molar-refractivity contribution is -0.274. The van der Waals surface area contributed by atoms with Crippen LogP contribution in [0.2, 0.25) is 0 Å². The number of alkyl halides is 3. The normalized spacial score (nSPS) is 11.5. The molecule has 0 saturated heterocycles. The van der Waals surface area contributed by atoms with E-state index < -0.39 is 18.0 Å². The summed E-state index contributed by atoms with van der Waals surface area (Å²) in [5.74, 6) is -0.553. The third kappa shape index (κ3) is 4.59. The molecule has 0 aliphatic heterocycles. The monoisotopic (exact) mass is 482 g/mol. The van der Waals surface area contributed by atoms with Crippen molar-refractivity contribution in [2.75, 3.05) is 5.32 Å². The average Bonchev–Trinajstić information content (AvgIpc) is 3.50. The van der Waals surface area contributed by atoms with E-state index in [0.717, 1.165) is 29.0 Å². The van der Waals surface area contributed by atoms with E-state index in [0.29, 0.717) is 22.0 Å². The highest BCUT2D eigenvalue weighted by molar-refractivity contribution is 7.18. The average molecular weight is 482 g/mol. The van der Waals surface area contributed by atoms with Gasteiger partial charge in [0.15, 0.2) is 10.8 Å². The summed E-state index contributed by atoms with van der Waals surface area (Å²) in [6.45, 7) is 0. The Labute approximate surface area is 193 Å². The minimum absolute atomic E-state index is 0.103. The highest BCUT2D eigenvalue weighted by Crippen LogP contribution is 2.32. The molecule has 34 heavy (non-hydrogen) atoms. The molecular weight excluding hydrogens is 469 g/mol. The Kier molecular flexibility index (Phi) is 5.46. The molecule has 1 amide bonds. The maximum Gasteiger partial charge on any atom is 0.573 e. The van der Waals surface area contributed by atoms with Crippen molar-refractivity contribution < 1.29 is 27.1 Å². The van der Waals surface area contributed by atoms with Crippen LogP contribution in [0.15, 0.2) is 77.4 Å². The number of ether oxygens (including phenoxy) is 1. The number of aromatic nitrogens is 3. The number of rotatable bonds is 5. The van der Waals surface area contributed by atoms with Gasteiger partial charge in [0.25, 0.3) is 5.91 Å². The molecule has 3 aromatic heterocycles. The number of halogens is 3. The summed E-state index contributed by atoms with van der Waals surface area (Å²) in [6.07, 6.45) is -3.38. The summed E-state index contributed by atoms with van der Waals surface area (Å²) in [5.41, 5.74) is 1.65. The van der Waals surface area contributed by atoms with E-state index in [4.69, 9.17) is 4.42 Å². The summed E-state index contributed by atoms with van der Waals surface area (Å²) in [7, 11) is 0. The number of anilines is 1.